The molecule has 0 aliphatic carbocycles. The molecule has 0 aliphatic rings. The maximum atomic E-state index is 13.4. The summed E-state index contributed by atoms with van der Waals surface area (Å²) in [4.78, 5) is 18.2. The highest BCUT2D eigenvalue weighted by Gasteiger charge is 2.19. The van der Waals surface area contributed by atoms with Crippen molar-refractivity contribution in [3.05, 3.63) is 92.7 Å². The second-order valence-electron chi connectivity index (χ2n) is 8.45. The highest BCUT2D eigenvalue weighted by Crippen LogP contribution is 2.42. The summed E-state index contributed by atoms with van der Waals surface area (Å²) in [6, 6.07) is 13.0. The summed E-state index contributed by atoms with van der Waals surface area (Å²) in [5.74, 6) is 1.42. The molecule has 1 heterocycles. The maximum absolute atomic E-state index is 13.4. The van der Waals surface area contributed by atoms with Crippen LogP contribution in [0.1, 0.15) is 43.1 Å². The van der Waals surface area contributed by atoms with Crippen LogP contribution in [-0.2, 0) is 6.61 Å². The molecule has 0 saturated carbocycles. The number of benzene rings is 3. The number of rotatable bonds is 8. The van der Waals surface area contributed by atoms with E-state index in [1.54, 1.807) is 25.5 Å². The van der Waals surface area contributed by atoms with E-state index in [0.717, 1.165) is 25.4 Å². The van der Waals surface area contributed by atoms with Crippen LogP contribution in [0, 0.1) is 0 Å². The highest BCUT2D eigenvalue weighted by molar-refractivity contribution is 9.11. The van der Waals surface area contributed by atoms with Crippen molar-refractivity contribution in [2.24, 2.45) is 5.10 Å². The Labute approximate surface area is 258 Å². The van der Waals surface area contributed by atoms with Crippen molar-refractivity contribution in [1.82, 2.24) is 9.66 Å². The van der Waals surface area contributed by atoms with Gasteiger partial charge >= 0.3 is 0 Å². The van der Waals surface area contributed by atoms with Crippen molar-refractivity contribution >= 4 is 92.4 Å². The predicted molar refractivity (Wildman–Crippen MR) is 167 cm³/mol. The molecule has 0 amide bonds. The summed E-state index contributed by atoms with van der Waals surface area (Å²) in [6.07, 6.45) is 2.36. The van der Waals surface area contributed by atoms with Gasteiger partial charge in [0.2, 0.25) is 0 Å². The van der Waals surface area contributed by atoms with Crippen molar-refractivity contribution in [3.8, 4) is 11.5 Å². The number of methoxy groups -OCH3 is 1. The van der Waals surface area contributed by atoms with Crippen LogP contribution in [0.3, 0.4) is 0 Å². The summed E-state index contributed by atoms with van der Waals surface area (Å²) in [7, 11) is 1.54. The topological polar surface area (TPSA) is 65.7 Å². The van der Waals surface area contributed by atoms with Gasteiger partial charge in [0.15, 0.2) is 11.5 Å². The van der Waals surface area contributed by atoms with Gasteiger partial charge < -0.3 is 9.47 Å². The summed E-state index contributed by atoms with van der Waals surface area (Å²) in [5.41, 5.74) is 1.93. The molecule has 0 N–H and O–H groups in total. The van der Waals surface area contributed by atoms with Gasteiger partial charge in [-0.2, -0.15) is 9.78 Å². The predicted octanol–water partition coefficient (Wildman–Crippen LogP) is 9.08. The Bertz CT molecular complexity index is 1610. The third kappa shape index (κ3) is 6.20. The minimum Gasteiger partial charge on any atom is -0.493 e. The fourth-order valence-corrected chi connectivity index (χ4v) is 5.85. The molecule has 198 valence electrons. The molecule has 4 aromatic rings. The summed E-state index contributed by atoms with van der Waals surface area (Å²) in [5, 5.41) is 5.35. The van der Waals surface area contributed by atoms with Gasteiger partial charge in [-0.3, -0.25) is 4.79 Å². The van der Waals surface area contributed by atoms with E-state index < -0.39 is 0 Å². The molecule has 0 bridgehead atoms. The van der Waals surface area contributed by atoms with E-state index in [1.165, 1.54) is 4.68 Å². The van der Waals surface area contributed by atoms with E-state index in [1.807, 2.05) is 44.2 Å². The molecule has 0 radical (unpaired) electrons. The summed E-state index contributed by atoms with van der Waals surface area (Å²) < 4.78 is 16.2. The number of hydrogen-bond acceptors (Lipinski definition) is 5. The molecule has 0 fully saturated rings. The van der Waals surface area contributed by atoms with E-state index in [0.29, 0.717) is 43.3 Å². The van der Waals surface area contributed by atoms with Gasteiger partial charge in [-0.1, -0.05) is 79.3 Å². The Hall–Kier alpha value is -1.72. The first-order valence-corrected chi connectivity index (χ1v) is 15.1. The van der Waals surface area contributed by atoms with Gasteiger partial charge in [0.1, 0.15) is 17.5 Å². The van der Waals surface area contributed by atoms with Crippen LogP contribution in [-0.4, -0.2) is 23.0 Å². The number of aromatic nitrogens is 2. The molecule has 0 saturated heterocycles. The van der Waals surface area contributed by atoms with Crippen LogP contribution in [0.5, 0.6) is 11.5 Å². The molecule has 0 aliphatic heterocycles. The lowest BCUT2D eigenvalue weighted by atomic mass is 10.1. The Morgan fingerprint density at radius 2 is 1.82 bits per heavy atom. The van der Waals surface area contributed by atoms with Gasteiger partial charge in [-0.05, 0) is 58.7 Å². The zero-order valence-corrected chi connectivity index (χ0v) is 27.7. The zero-order valence-electron chi connectivity index (χ0n) is 20.6. The fraction of sp³-hybridized carbons (Fsp3) is 0.222. The van der Waals surface area contributed by atoms with E-state index in [4.69, 9.17) is 26.1 Å². The monoisotopic (exact) mass is 787 g/mol. The van der Waals surface area contributed by atoms with Crippen molar-refractivity contribution in [2.45, 2.75) is 32.8 Å². The minimum absolute atomic E-state index is 0.0168. The average Bonchev–Trinajstić information content (AvgIpc) is 2.90. The standard InChI is InChI=1S/C27H22Br4ClN3O3/c1-4-14(2)26-34-21-8-7-17(28)10-19(21)27(36)35(26)33-12-16-9-22(37-3)25(24(32)23(16)31)38-13-15-5-6-18(29)11-20(15)30/h5-12,14H,4,13H2,1-3H3/t14-/m0/s1. The van der Waals surface area contributed by atoms with Gasteiger partial charge in [0, 0.05) is 34.9 Å². The van der Waals surface area contributed by atoms with E-state index in [-0.39, 0.29) is 18.1 Å². The maximum Gasteiger partial charge on any atom is 0.282 e. The lowest BCUT2D eigenvalue weighted by molar-refractivity contribution is 0.284. The number of ether oxygens (including phenoxy) is 2. The quantitative estimate of drug-likeness (QED) is 0.167. The molecular formula is C27H22Br4ClN3O3. The van der Waals surface area contributed by atoms with Crippen LogP contribution < -0.4 is 15.0 Å². The van der Waals surface area contributed by atoms with E-state index >= 15 is 0 Å². The number of halogens is 5. The van der Waals surface area contributed by atoms with Crippen LogP contribution in [0.15, 0.2) is 70.3 Å². The molecule has 0 spiro atoms. The molecule has 4 rings (SSSR count). The van der Waals surface area contributed by atoms with Gasteiger partial charge in [-0.15, -0.1) is 0 Å². The largest absolute Gasteiger partial charge is 0.493 e. The minimum atomic E-state index is -0.253. The molecule has 11 heteroatoms. The summed E-state index contributed by atoms with van der Waals surface area (Å²) >= 11 is 20.7. The zero-order chi connectivity index (χ0) is 27.6. The third-order valence-corrected chi connectivity index (χ3v) is 9.13. The summed E-state index contributed by atoms with van der Waals surface area (Å²) in [6.45, 7) is 4.34. The normalized spacial score (nSPS) is 12.3. The van der Waals surface area contributed by atoms with Crippen molar-refractivity contribution in [2.75, 3.05) is 7.11 Å². The molecule has 0 unspecified atom stereocenters. The second kappa shape index (κ2) is 12.6. The molecule has 38 heavy (non-hydrogen) atoms. The van der Waals surface area contributed by atoms with Crippen LogP contribution in [0.25, 0.3) is 10.9 Å². The number of hydrogen-bond donors (Lipinski definition) is 0. The Kier molecular flexibility index (Phi) is 9.73. The lowest BCUT2D eigenvalue weighted by Gasteiger charge is -2.16. The first-order valence-electron chi connectivity index (χ1n) is 11.5. The van der Waals surface area contributed by atoms with Crippen LogP contribution in [0.4, 0.5) is 0 Å². The third-order valence-electron chi connectivity index (χ3n) is 5.96. The fourth-order valence-electron chi connectivity index (χ4n) is 3.67. The molecule has 1 atom stereocenters. The Morgan fingerprint density at radius 3 is 2.50 bits per heavy atom. The van der Waals surface area contributed by atoms with Crippen molar-refractivity contribution in [1.29, 1.82) is 0 Å². The molecule has 6 nitrogen and oxygen atoms in total. The SMILES string of the molecule is CC[C@H](C)c1nc2ccc(Br)cc2c(=O)n1N=Cc1cc(OC)c(OCc2ccc(Br)cc2Br)c(Cl)c1Br. The van der Waals surface area contributed by atoms with E-state index in [2.05, 4.69) is 68.8 Å². The van der Waals surface area contributed by atoms with Gasteiger partial charge in [0.25, 0.3) is 5.56 Å². The molecular weight excluding hydrogens is 769 g/mol. The number of fused-ring (bicyclic) bond motifs is 1. The number of nitrogens with zero attached hydrogens (tertiary/aromatic N) is 3. The molecule has 1 aromatic heterocycles. The van der Waals surface area contributed by atoms with Crippen LogP contribution in [0.2, 0.25) is 5.02 Å². The van der Waals surface area contributed by atoms with Gasteiger partial charge in [0.05, 0.1) is 24.2 Å². The first-order chi connectivity index (χ1) is 18.1. The van der Waals surface area contributed by atoms with E-state index in [9.17, 15) is 4.79 Å². The van der Waals surface area contributed by atoms with Gasteiger partial charge in [-0.25, -0.2) is 4.98 Å². The second-order valence-corrected chi connectivity index (χ2v) is 12.3. The van der Waals surface area contributed by atoms with Crippen LogP contribution >= 0.6 is 75.3 Å². The smallest absolute Gasteiger partial charge is 0.282 e. The Morgan fingerprint density at radius 1 is 1.11 bits per heavy atom. The highest BCUT2D eigenvalue weighted by atomic mass is 79.9. The van der Waals surface area contributed by atoms with Crippen molar-refractivity contribution in [3.63, 3.8) is 0 Å². The lowest BCUT2D eigenvalue weighted by Crippen LogP contribution is -2.23. The first kappa shape index (κ1) is 29.3. The Balaban J connectivity index is 1.74. The molecule has 3 aromatic carbocycles. The average molecular weight is 792 g/mol. The van der Waals surface area contributed by atoms with Crippen molar-refractivity contribution < 1.29 is 9.47 Å².